The van der Waals surface area contributed by atoms with Gasteiger partial charge in [0.2, 0.25) is 0 Å². The maximum absolute atomic E-state index is 12.3. The molecule has 1 unspecified atom stereocenters. The highest BCUT2D eigenvalue weighted by Crippen LogP contribution is 2.33. The molecular formula is C17H23NO2. The number of allylic oxidation sites excluding steroid dienone is 1. The molecule has 0 N–H and O–H groups in total. The van der Waals surface area contributed by atoms with Crippen LogP contribution in [0.4, 0.5) is 4.79 Å². The Morgan fingerprint density at radius 3 is 2.90 bits per heavy atom. The minimum atomic E-state index is -0.196. The molecule has 1 heterocycles. The predicted octanol–water partition coefficient (Wildman–Crippen LogP) is 4.14. The second-order valence-electron chi connectivity index (χ2n) is 5.62. The summed E-state index contributed by atoms with van der Waals surface area (Å²) in [5.41, 5.74) is 0.940. The fourth-order valence-corrected chi connectivity index (χ4v) is 2.80. The lowest BCUT2D eigenvalue weighted by Gasteiger charge is -2.34. The summed E-state index contributed by atoms with van der Waals surface area (Å²) in [6.07, 6.45) is 5.69. The van der Waals surface area contributed by atoms with Gasteiger partial charge in [0.25, 0.3) is 0 Å². The Bertz CT molecular complexity index is 457. The Hall–Kier alpha value is -1.77. The summed E-state index contributed by atoms with van der Waals surface area (Å²) in [5.74, 6) is 0. The van der Waals surface area contributed by atoms with Crippen LogP contribution in [0.5, 0.6) is 0 Å². The second-order valence-corrected chi connectivity index (χ2v) is 5.62. The number of hydrogen-bond donors (Lipinski definition) is 0. The van der Waals surface area contributed by atoms with E-state index in [2.05, 4.69) is 13.5 Å². The molecule has 108 valence electrons. The molecule has 3 nitrogen and oxygen atoms in total. The van der Waals surface area contributed by atoms with Gasteiger partial charge in [0.15, 0.2) is 0 Å². The molecule has 2 rings (SSSR count). The van der Waals surface area contributed by atoms with Crippen LogP contribution in [0.15, 0.2) is 43.0 Å². The van der Waals surface area contributed by atoms with Crippen LogP contribution < -0.4 is 0 Å². The van der Waals surface area contributed by atoms with Gasteiger partial charge >= 0.3 is 6.09 Å². The van der Waals surface area contributed by atoms with Gasteiger partial charge in [0, 0.05) is 12.1 Å². The third-order valence-corrected chi connectivity index (χ3v) is 4.06. The molecule has 0 saturated carbocycles. The minimum Gasteiger partial charge on any atom is -0.445 e. The molecule has 1 aliphatic rings. The van der Waals surface area contributed by atoms with Crippen molar-refractivity contribution in [3.63, 3.8) is 0 Å². The zero-order valence-electron chi connectivity index (χ0n) is 12.2. The summed E-state index contributed by atoms with van der Waals surface area (Å²) >= 11 is 0. The van der Waals surface area contributed by atoms with Gasteiger partial charge in [-0.05, 0) is 38.2 Å². The zero-order chi connectivity index (χ0) is 14.4. The highest BCUT2D eigenvalue weighted by Gasteiger charge is 2.39. The standard InChI is InChI=1S/C17H23NO2/c1-3-4-11-17(2)12-8-13-18(17)16(19)20-14-15-9-6-5-7-10-15/h3,5-7,9-10H,1,4,8,11-14H2,2H3. The van der Waals surface area contributed by atoms with Crippen molar-refractivity contribution in [1.29, 1.82) is 0 Å². The third kappa shape index (κ3) is 3.41. The highest BCUT2D eigenvalue weighted by molar-refractivity contribution is 5.69. The number of ether oxygens (including phenoxy) is 1. The Kier molecular flexibility index (Phi) is 4.83. The topological polar surface area (TPSA) is 29.5 Å². The van der Waals surface area contributed by atoms with Gasteiger partial charge in [-0.1, -0.05) is 36.4 Å². The Balaban J connectivity index is 1.92. The number of hydrogen-bond acceptors (Lipinski definition) is 2. The van der Waals surface area contributed by atoms with Crippen molar-refractivity contribution in [2.75, 3.05) is 6.54 Å². The van der Waals surface area contributed by atoms with Crippen molar-refractivity contribution in [2.45, 2.75) is 44.8 Å². The van der Waals surface area contributed by atoms with Gasteiger partial charge in [0.1, 0.15) is 6.61 Å². The molecule has 0 aliphatic carbocycles. The molecule has 1 atom stereocenters. The summed E-state index contributed by atoms with van der Waals surface area (Å²) < 4.78 is 5.45. The van der Waals surface area contributed by atoms with Crippen molar-refractivity contribution >= 4 is 6.09 Å². The Labute approximate surface area is 121 Å². The van der Waals surface area contributed by atoms with Crippen LogP contribution >= 0.6 is 0 Å². The maximum atomic E-state index is 12.3. The molecular weight excluding hydrogens is 250 g/mol. The maximum Gasteiger partial charge on any atom is 0.410 e. The van der Waals surface area contributed by atoms with E-state index in [0.717, 1.165) is 37.8 Å². The van der Waals surface area contributed by atoms with E-state index in [0.29, 0.717) is 6.61 Å². The molecule has 1 amide bonds. The first-order valence-corrected chi connectivity index (χ1v) is 7.25. The van der Waals surface area contributed by atoms with Gasteiger partial charge < -0.3 is 9.64 Å². The fraction of sp³-hybridized carbons (Fsp3) is 0.471. The van der Waals surface area contributed by atoms with Crippen LogP contribution in [0, 0.1) is 0 Å². The van der Waals surface area contributed by atoms with Gasteiger partial charge in [-0.2, -0.15) is 0 Å². The van der Waals surface area contributed by atoms with Crippen molar-refractivity contribution in [1.82, 2.24) is 4.90 Å². The van der Waals surface area contributed by atoms with Crippen LogP contribution in [-0.2, 0) is 11.3 Å². The molecule has 1 fully saturated rings. The van der Waals surface area contributed by atoms with Crippen LogP contribution in [0.25, 0.3) is 0 Å². The molecule has 0 spiro atoms. The normalized spacial score (nSPS) is 21.8. The lowest BCUT2D eigenvalue weighted by Crippen LogP contribution is -2.45. The lowest BCUT2D eigenvalue weighted by molar-refractivity contribution is 0.0676. The first kappa shape index (κ1) is 14.6. The number of benzene rings is 1. The van der Waals surface area contributed by atoms with E-state index in [1.54, 1.807) is 0 Å². The van der Waals surface area contributed by atoms with E-state index in [4.69, 9.17) is 4.74 Å². The average molecular weight is 273 g/mol. The summed E-state index contributed by atoms with van der Waals surface area (Å²) in [6.45, 7) is 7.04. The Morgan fingerprint density at radius 2 is 2.20 bits per heavy atom. The van der Waals surface area contributed by atoms with Gasteiger partial charge in [-0.3, -0.25) is 0 Å². The monoisotopic (exact) mass is 273 g/mol. The van der Waals surface area contributed by atoms with Crippen molar-refractivity contribution < 1.29 is 9.53 Å². The summed E-state index contributed by atoms with van der Waals surface area (Å²) in [6, 6.07) is 9.79. The lowest BCUT2D eigenvalue weighted by atomic mass is 9.93. The quantitative estimate of drug-likeness (QED) is 0.754. The predicted molar refractivity (Wildman–Crippen MR) is 80.4 cm³/mol. The summed E-state index contributed by atoms with van der Waals surface area (Å²) in [7, 11) is 0. The molecule has 1 aromatic rings. The number of amides is 1. The van der Waals surface area contributed by atoms with Gasteiger partial charge in [0.05, 0.1) is 0 Å². The zero-order valence-corrected chi connectivity index (χ0v) is 12.2. The number of carbonyl (C=O) groups excluding carboxylic acids is 1. The molecule has 1 aliphatic heterocycles. The van der Waals surface area contributed by atoms with E-state index in [1.165, 1.54) is 0 Å². The van der Waals surface area contributed by atoms with Crippen LogP contribution in [0.2, 0.25) is 0 Å². The van der Waals surface area contributed by atoms with E-state index < -0.39 is 0 Å². The third-order valence-electron chi connectivity index (χ3n) is 4.06. The molecule has 1 saturated heterocycles. The smallest absolute Gasteiger partial charge is 0.410 e. The first-order chi connectivity index (χ1) is 9.65. The fourth-order valence-electron chi connectivity index (χ4n) is 2.80. The number of carbonyl (C=O) groups is 1. The average Bonchev–Trinajstić information content (AvgIpc) is 2.86. The van der Waals surface area contributed by atoms with E-state index in [9.17, 15) is 4.79 Å². The number of rotatable bonds is 5. The SMILES string of the molecule is C=CCCC1(C)CCCN1C(=O)OCc1ccccc1. The number of likely N-dealkylation sites (tertiary alicyclic amines) is 1. The minimum absolute atomic E-state index is 0.0814. The van der Waals surface area contributed by atoms with Gasteiger partial charge in [-0.15, -0.1) is 6.58 Å². The number of nitrogens with zero attached hydrogens (tertiary/aromatic N) is 1. The largest absolute Gasteiger partial charge is 0.445 e. The highest BCUT2D eigenvalue weighted by atomic mass is 16.6. The molecule has 3 heteroatoms. The van der Waals surface area contributed by atoms with Crippen molar-refractivity contribution in [3.05, 3.63) is 48.6 Å². The molecule has 0 radical (unpaired) electrons. The Morgan fingerprint density at radius 1 is 1.45 bits per heavy atom. The van der Waals surface area contributed by atoms with E-state index in [-0.39, 0.29) is 11.6 Å². The molecule has 1 aromatic carbocycles. The van der Waals surface area contributed by atoms with Crippen LogP contribution in [0.3, 0.4) is 0 Å². The summed E-state index contributed by atoms with van der Waals surface area (Å²) in [4.78, 5) is 14.2. The van der Waals surface area contributed by atoms with Crippen LogP contribution in [-0.4, -0.2) is 23.1 Å². The van der Waals surface area contributed by atoms with Gasteiger partial charge in [-0.25, -0.2) is 4.79 Å². The summed E-state index contributed by atoms with van der Waals surface area (Å²) in [5, 5.41) is 0. The van der Waals surface area contributed by atoms with Crippen molar-refractivity contribution in [3.8, 4) is 0 Å². The van der Waals surface area contributed by atoms with E-state index >= 15 is 0 Å². The second kappa shape index (κ2) is 6.60. The molecule has 0 aromatic heterocycles. The molecule has 20 heavy (non-hydrogen) atoms. The molecule has 0 bridgehead atoms. The van der Waals surface area contributed by atoms with Crippen molar-refractivity contribution in [2.24, 2.45) is 0 Å². The first-order valence-electron chi connectivity index (χ1n) is 7.25. The van der Waals surface area contributed by atoms with E-state index in [1.807, 2.05) is 41.3 Å². The van der Waals surface area contributed by atoms with Crippen LogP contribution in [0.1, 0.15) is 38.2 Å².